The lowest BCUT2D eigenvalue weighted by molar-refractivity contribution is -0.128. The van der Waals surface area contributed by atoms with Crippen LogP contribution in [-0.2, 0) is 18.9 Å². The molecule has 0 N–H and O–H groups in total. The molecule has 0 aromatic rings. The van der Waals surface area contributed by atoms with Crippen LogP contribution in [0.3, 0.4) is 0 Å². The Morgan fingerprint density at radius 2 is 2.13 bits per heavy atom. The van der Waals surface area contributed by atoms with E-state index < -0.39 is 5.60 Å². The summed E-state index contributed by atoms with van der Waals surface area (Å²) in [6, 6.07) is 0. The van der Waals surface area contributed by atoms with Crippen LogP contribution in [0.5, 0.6) is 0 Å². The lowest BCUT2D eigenvalue weighted by Crippen LogP contribution is -2.33. The summed E-state index contributed by atoms with van der Waals surface area (Å²) < 4.78 is 21.9. The number of hydrogen-bond donors (Lipinski definition) is 0. The molecular weight excluding hydrogens is 292 g/mol. The highest BCUT2D eigenvalue weighted by Crippen LogP contribution is 2.36. The molecule has 1 aliphatic carbocycles. The third-order valence-corrected chi connectivity index (χ3v) is 3.81. The Morgan fingerprint density at radius 3 is 3.00 bits per heavy atom. The van der Waals surface area contributed by atoms with Crippen LogP contribution in [0, 0.1) is 23.7 Å². The molecule has 2 rings (SSSR count). The molecule has 0 amide bonds. The number of methoxy groups -OCH3 is 1. The van der Waals surface area contributed by atoms with Crippen molar-refractivity contribution in [3.05, 3.63) is 23.3 Å². The molecule has 0 spiro atoms. The summed E-state index contributed by atoms with van der Waals surface area (Å²) in [5.74, 6) is 12.7. The molecule has 0 aromatic carbocycles. The Morgan fingerprint density at radius 1 is 1.22 bits per heavy atom. The smallest absolute Gasteiger partial charge is 0.148 e. The van der Waals surface area contributed by atoms with Gasteiger partial charge in [0.2, 0.25) is 0 Å². The summed E-state index contributed by atoms with van der Waals surface area (Å²) in [5.41, 5.74) is 1.54. The van der Waals surface area contributed by atoms with Gasteiger partial charge < -0.3 is 18.9 Å². The van der Waals surface area contributed by atoms with Gasteiger partial charge in [0.15, 0.2) is 0 Å². The zero-order valence-electron chi connectivity index (χ0n) is 13.9. The van der Waals surface area contributed by atoms with Crippen molar-refractivity contribution in [3.63, 3.8) is 0 Å². The van der Waals surface area contributed by atoms with Gasteiger partial charge in [0.1, 0.15) is 19.0 Å². The fraction of sp³-hybridized carbons (Fsp3) is 0.579. The minimum Gasteiger partial charge on any atom is -0.382 e. The third kappa shape index (κ3) is 5.53. The maximum atomic E-state index is 6.07. The Balaban J connectivity index is 2.10. The lowest BCUT2D eigenvalue weighted by atomic mass is 9.91. The van der Waals surface area contributed by atoms with Crippen LogP contribution in [-0.4, -0.2) is 45.9 Å². The van der Waals surface area contributed by atoms with E-state index in [4.69, 9.17) is 18.9 Å². The van der Waals surface area contributed by atoms with E-state index in [1.54, 1.807) is 7.11 Å². The van der Waals surface area contributed by atoms with Crippen LogP contribution >= 0.6 is 0 Å². The van der Waals surface area contributed by atoms with Crippen LogP contribution in [0.15, 0.2) is 23.3 Å². The van der Waals surface area contributed by atoms with Crippen molar-refractivity contribution in [2.75, 3.05) is 40.3 Å². The number of rotatable bonds is 6. The summed E-state index contributed by atoms with van der Waals surface area (Å²) in [6.07, 6.45) is 6.56. The molecule has 4 heteroatoms. The van der Waals surface area contributed by atoms with E-state index in [1.165, 1.54) is 0 Å². The molecule has 1 heterocycles. The molecule has 0 saturated heterocycles. The minimum absolute atomic E-state index is 0.218. The summed E-state index contributed by atoms with van der Waals surface area (Å²) in [7, 11) is 1.65. The van der Waals surface area contributed by atoms with E-state index in [0.29, 0.717) is 32.8 Å². The quantitative estimate of drug-likeness (QED) is 0.428. The average molecular weight is 316 g/mol. The van der Waals surface area contributed by atoms with Gasteiger partial charge in [-0.15, -0.1) is 0 Å². The van der Waals surface area contributed by atoms with Crippen LogP contribution in [0.4, 0.5) is 0 Å². The van der Waals surface area contributed by atoms with Crippen LogP contribution < -0.4 is 0 Å². The summed E-state index contributed by atoms with van der Waals surface area (Å²) >= 11 is 0. The first kappa shape index (κ1) is 17.8. The van der Waals surface area contributed by atoms with Gasteiger partial charge in [0.25, 0.3) is 0 Å². The molecule has 0 bridgehead atoms. The molecular formula is C19H24O4. The van der Waals surface area contributed by atoms with E-state index in [1.807, 2.05) is 13.0 Å². The maximum absolute atomic E-state index is 6.07. The van der Waals surface area contributed by atoms with Crippen molar-refractivity contribution >= 4 is 0 Å². The van der Waals surface area contributed by atoms with Gasteiger partial charge in [-0.05, 0) is 31.4 Å². The van der Waals surface area contributed by atoms with Gasteiger partial charge in [-0.3, -0.25) is 0 Å². The van der Waals surface area contributed by atoms with Crippen molar-refractivity contribution in [3.8, 4) is 23.7 Å². The monoisotopic (exact) mass is 316 g/mol. The molecule has 4 nitrogen and oxygen atoms in total. The predicted octanol–water partition coefficient (Wildman–Crippen LogP) is 2.46. The van der Waals surface area contributed by atoms with Gasteiger partial charge >= 0.3 is 0 Å². The number of fused-ring (bicyclic) bond motifs is 1. The van der Waals surface area contributed by atoms with E-state index in [-0.39, 0.29) is 6.79 Å². The zero-order chi connectivity index (χ0) is 16.4. The zero-order valence-corrected chi connectivity index (χ0v) is 13.9. The molecule has 0 fully saturated rings. The van der Waals surface area contributed by atoms with Crippen molar-refractivity contribution < 1.29 is 18.9 Å². The van der Waals surface area contributed by atoms with Crippen LogP contribution in [0.2, 0.25) is 0 Å². The fourth-order valence-electron chi connectivity index (χ4n) is 2.44. The standard InChI is InChI=1S/C19H24O4/c1-17-7-8-18-6-5-11-19(18,23-16-22-15-14-20-2)10-3-4-12-21-13-9-17/h6,9H,5,10-16H2,1-2H3/b17-9-. The minimum atomic E-state index is -0.466. The molecule has 0 aromatic heterocycles. The average Bonchev–Trinajstić information content (AvgIpc) is 2.93. The molecule has 1 atom stereocenters. The summed E-state index contributed by atoms with van der Waals surface area (Å²) in [5, 5.41) is 0. The molecule has 1 aliphatic heterocycles. The fourth-order valence-corrected chi connectivity index (χ4v) is 2.44. The molecule has 0 saturated carbocycles. The number of ether oxygens (including phenoxy) is 4. The molecule has 124 valence electrons. The molecule has 23 heavy (non-hydrogen) atoms. The van der Waals surface area contributed by atoms with Gasteiger partial charge in [-0.1, -0.05) is 29.8 Å². The molecule has 0 radical (unpaired) electrons. The van der Waals surface area contributed by atoms with E-state index >= 15 is 0 Å². The van der Waals surface area contributed by atoms with E-state index in [9.17, 15) is 0 Å². The van der Waals surface area contributed by atoms with Crippen LogP contribution in [0.1, 0.15) is 26.2 Å². The van der Waals surface area contributed by atoms with Crippen molar-refractivity contribution in [2.24, 2.45) is 0 Å². The molecule has 1 unspecified atom stereocenters. The van der Waals surface area contributed by atoms with Crippen molar-refractivity contribution in [1.29, 1.82) is 0 Å². The Kier molecular flexibility index (Phi) is 7.39. The maximum Gasteiger partial charge on any atom is 0.148 e. The molecule has 2 aliphatic rings. The third-order valence-electron chi connectivity index (χ3n) is 3.81. The van der Waals surface area contributed by atoms with E-state index in [2.05, 4.69) is 29.8 Å². The second kappa shape index (κ2) is 9.55. The number of allylic oxidation sites excluding steroid dienone is 2. The lowest BCUT2D eigenvalue weighted by Gasteiger charge is -2.28. The first-order chi connectivity index (χ1) is 11.3. The Labute approximate surface area is 138 Å². The summed E-state index contributed by atoms with van der Waals surface area (Å²) in [6.45, 7) is 4.24. The van der Waals surface area contributed by atoms with Crippen molar-refractivity contribution in [2.45, 2.75) is 31.8 Å². The normalized spacial score (nSPS) is 26.2. The predicted molar refractivity (Wildman–Crippen MR) is 88.6 cm³/mol. The highest BCUT2D eigenvalue weighted by molar-refractivity contribution is 5.45. The summed E-state index contributed by atoms with van der Waals surface area (Å²) in [4.78, 5) is 0. The highest BCUT2D eigenvalue weighted by Gasteiger charge is 2.37. The first-order valence-corrected chi connectivity index (χ1v) is 7.90. The second-order valence-corrected chi connectivity index (χ2v) is 5.50. The van der Waals surface area contributed by atoms with Crippen molar-refractivity contribution in [1.82, 2.24) is 0 Å². The van der Waals surface area contributed by atoms with Gasteiger partial charge in [-0.2, -0.15) is 0 Å². The Hall–Kier alpha value is -1.56. The highest BCUT2D eigenvalue weighted by atomic mass is 16.7. The number of hydrogen-bond acceptors (Lipinski definition) is 4. The SMILES string of the molecule is COCCOCOC12CC#CCOC/C=C(/C)C#CC1=CCC2. The largest absolute Gasteiger partial charge is 0.382 e. The van der Waals surface area contributed by atoms with E-state index in [0.717, 1.165) is 24.0 Å². The first-order valence-electron chi connectivity index (χ1n) is 7.90. The van der Waals surface area contributed by atoms with Gasteiger partial charge in [-0.25, -0.2) is 0 Å². The van der Waals surface area contributed by atoms with Gasteiger partial charge in [0.05, 0.1) is 19.8 Å². The Bertz CT molecular complexity index is 568. The van der Waals surface area contributed by atoms with Gasteiger partial charge in [0, 0.05) is 19.1 Å². The topological polar surface area (TPSA) is 36.9 Å². The second-order valence-electron chi connectivity index (χ2n) is 5.50. The van der Waals surface area contributed by atoms with Crippen LogP contribution in [0.25, 0.3) is 0 Å².